The first kappa shape index (κ1) is 18.4. The SMILES string of the molecule is C[C@@H](NC(=O)c1cccc(Oc2ccccc2)c1)c1ccc(-n2cncn2)cc1. The fourth-order valence-corrected chi connectivity index (χ4v) is 2.95. The zero-order chi connectivity index (χ0) is 20.1. The maximum Gasteiger partial charge on any atom is 0.251 e. The second kappa shape index (κ2) is 8.39. The predicted octanol–water partition coefficient (Wildman–Crippen LogP) is 4.55. The van der Waals surface area contributed by atoms with Crippen molar-refractivity contribution in [1.29, 1.82) is 0 Å². The zero-order valence-electron chi connectivity index (χ0n) is 15.9. The average molecular weight is 384 g/mol. The molecule has 144 valence electrons. The highest BCUT2D eigenvalue weighted by molar-refractivity contribution is 5.94. The molecular formula is C23H20N4O2. The van der Waals surface area contributed by atoms with Gasteiger partial charge in [-0.05, 0) is 55.0 Å². The van der Waals surface area contributed by atoms with Gasteiger partial charge in [-0.25, -0.2) is 9.67 Å². The van der Waals surface area contributed by atoms with E-state index in [9.17, 15) is 4.79 Å². The van der Waals surface area contributed by atoms with E-state index in [1.54, 1.807) is 23.1 Å². The van der Waals surface area contributed by atoms with Crippen molar-refractivity contribution in [3.05, 3.63) is 103 Å². The summed E-state index contributed by atoms with van der Waals surface area (Å²) in [5, 5.41) is 7.14. The van der Waals surface area contributed by atoms with Crippen LogP contribution in [-0.4, -0.2) is 20.7 Å². The van der Waals surface area contributed by atoms with Gasteiger partial charge >= 0.3 is 0 Å². The first-order valence-electron chi connectivity index (χ1n) is 9.28. The first-order valence-corrected chi connectivity index (χ1v) is 9.28. The van der Waals surface area contributed by atoms with Crippen LogP contribution in [0, 0.1) is 0 Å². The number of carbonyl (C=O) groups excluding carboxylic acids is 1. The molecule has 0 fully saturated rings. The summed E-state index contributed by atoms with van der Waals surface area (Å²) < 4.78 is 7.50. The maximum absolute atomic E-state index is 12.7. The van der Waals surface area contributed by atoms with Gasteiger partial charge in [-0.2, -0.15) is 5.10 Å². The molecule has 3 aromatic carbocycles. The molecule has 29 heavy (non-hydrogen) atoms. The fraction of sp³-hybridized carbons (Fsp3) is 0.0870. The van der Waals surface area contributed by atoms with E-state index >= 15 is 0 Å². The van der Waals surface area contributed by atoms with E-state index in [1.165, 1.54) is 6.33 Å². The summed E-state index contributed by atoms with van der Waals surface area (Å²) in [5.74, 6) is 1.19. The third-order valence-corrected chi connectivity index (χ3v) is 4.50. The summed E-state index contributed by atoms with van der Waals surface area (Å²) in [4.78, 5) is 16.6. The lowest BCUT2D eigenvalue weighted by Crippen LogP contribution is -2.26. The molecule has 4 aromatic rings. The highest BCUT2D eigenvalue weighted by atomic mass is 16.5. The van der Waals surface area contributed by atoms with Crippen molar-refractivity contribution in [1.82, 2.24) is 20.1 Å². The second-order valence-corrected chi connectivity index (χ2v) is 6.57. The molecule has 0 aliphatic heterocycles. The first-order chi connectivity index (χ1) is 14.2. The van der Waals surface area contributed by atoms with Crippen molar-refractivity contribution in [2.45, 2.75) is 13.0 Å². The van der Waals surface area contributed by atoms with Crippen molar-refractivity contribution in [3.8, 4) is 17.2 Å². The standard InChI is InChI=1S/C23H20N4O2/c1-17(18-10-12-20(13-11-18)27-16-24-15-25-27)26-23(28)19-6-5-9-22(14-19)29-21-7-3-2-4-8-21/h2-17H,1H3,(H,26,28)/t17-/m1/s1. The highest BCUT2D eigenvalue weighted by Crippen LogP contribution is 2.22. The number of nitrogens with one attached hydrogen (secondary N) is 1. The molecule has 1 N–H and O–H groups in total. The van der Waals surface area contributed by atoms with Crippen LogP contribution in [-0.2, 0) is 0 Å². The summed E-state index contributed by atoms with van der Waals surface area (Å²) in [6, 6.07) is 24.3. The van der Waals surface area contributed by atoms with Gasteiger partial charge in [0.2, 0.25) is 0 Å². The molecule has 0 aliphatic carbocycles. The molecule has 0 bridgehead atoms. The second-order valence-electron chi connectivity index (χ2n) is 6.57. The molecule has 0 saturated carbocycles. The molecule has 1 amide bonds. The monoisotopic (exact) mass is 384 g/mol. The summed E-state index contributed by atoms with van der Waals surface area (Å²) >= 11 is 0. The van der Waals surface area contributed by atoms with Crippen molar-refractivity contribution in [3.63, 3.8) is 0 Å². The minimum absolute atomic E-state index is 0.147. The van der Waals surface area contributed by atoms with Crippen LogP contribution in [0.2, 0.25) is 0 Å². The Kier molecular flexibility index (Phi) is 5.33. The van der Waals surface area contributed by atoms with Gasteiger partial charge in [-0.15, -0.1) is 0 Å². The molecule has 1 heterocycles. The molecule has 0 aliphatic rings. The Morgan fingerprint density at radius 3 is 2.45 bits per heavy atom. The number of para-hydroxylation sites is 1. The zero-order valence-corrected chi connectivity index (χ0v) is 15.9. The van der Waals surface area contributed by atoms with Crippen molar-refractivity contribution in [2.24, 2.45) is 0 Å². The topological polar surface area (TPSA) is 69.0 Å². The molecular weight excluding hydrogens is 364 g/mol. The fourth-order valence-electron chi connectivity index (χ4n) is 2.95. The molecule has 0 spiro atoms. The number of amides is 1. The predicted molar refractivity (Wildman–Crippen MR) is 110 cm³/mol. The molecule has 1 atom stereocenters. The molecule has 0 unspecified atom stereocenters. The Labute approximate surface area is 168 Å². The van der Waals surface area contributed by atoms with E-state index in [0.29, 0.717) is 11.3 Å². The van der Waals surface area contributed by atoms with Crippen LogP contribution in [0.5, 0.6) is 11.5 Å². The quantitative estimate of drug-likeness (QED) is 0.529. The number of carbonyl (C=O) groups is 1. The van der Waals surface area contributed by atoms with E-state index in [1.807, 2.05) is 73.7 Å². The van der Waals surface area contributed by atoms with Crippen LogP contribution >= 0.6 is 0 Å². The lowest BCUT2D eigenvalue weighted by molar-refractivity contribution is 0.0939. The maximum atomic E-state index is 12.7. The smallest absolute Gasteiger partial charge is 0.251 e. The lowest BCUT2D eigenvalue weighted by Gasteiger charge is -2.15. The van der Waals surface area contributed by atoms with Crippen molar-refractivity contribution in [2.75, 3.05) is 0 Å². The third-order valence-electron chi connectivity index (χ3n) is 4.50. The molecule has 1 aromatic heterocycles. The van der Waals surface area contributed by atoms with Crippen LogP contribution in [0.25, 0.3) is 5.69 Å². The molecule has 6 nitrogen and oxygen atoms in total. The minimum Gasteiger partial charge on any atom is -0.457 e. The van der Waals surface area contributed by atoms with E-state index in [-0.39, 0.29) is 11.9 Å². The van der Waals surface area contributed by atoms with E-state index in [4.69, 9.17) is 4.74 Å². The highest BCUT2D eigenvalue weighted by Gasteiger charge is 2.13. The van der Waals surface area contributed by atoms with Crippen LogP contribution in [0.3, 0.4) is 0 Å². The number of benzene rings is 3. The van der Waals surface area contributed by atoms with Crippen molar-refractivity contribution >= 4 is 5.91 Å². The molecule has 6 heteroatoms. The van der Waals surface area contributed by atoms with Crippen LogP contribution in [0.15, 0.2) is 91.5 Å². The van der Waals surface area contributed by atoms with E-state index < -0.39 is 0 Å². The Morgan fingerprint density at radius 1 is 0.966 bits per heavy atom. The summed E-state index contributed by atoms with van der Waals surface area (Å²) in [5.41, 5.74) is 2.46. The van der Waals surface area contributed by atoms with Gasteiger partial charge in [0, 0.05) is 5.56 Å². The van der Waals surface area contributed by atoms with Gasteiger partial charge in [0.05, 0.1) is 11.7 Å². The normalized spacial score (nSPS) is 11.6. The summed E-state index contributed by atoms with van der Waals surface area (Å²) in [7, 11) is 0. The largest absolute Gasteiger partial charge is 0.457 e. The Hall–Kier alpha value is -3.93. The average Bonchev–Trinajstić information content (AvgIpc) is 3.30. The van der Waals surface area contributed by atoms with E-state index in [0.717, 1.165) is 17.0 Å². The summed E-state index contributed by atoms with van der Waals surface area (Å²) in [6.45, 7) is 1.95. The van der Waals surface area contributed by atoms with Gasteiger partial charge in [0.25, 0.3) is 5.91 Å². The number of ether oxygens (including phenoxy) is 1. The number of rotatable bonds is 6. The number of hydrogen-bond acceptors (Lipinski definition) is 4. The molecule has 0 radical (unpaired) electrons. The number of aromatic nitrogens is 3. The van der Waals surface area contributed by atoms with Crippen LogP contribution < -0.4 is 10.1 Å². The van der Waals surface area contributed by atoms with Crippen molar-refractivity contribution < 1.29 is 9.53 Å². The Balaban J connectivity index is 1.43. The number of nitrogens with zero attached hydrogens (tertiary/aromatic N) is 3. The minimum atomic E-state index is -0.156. The van der Waals surface area contributed by atoms with E-state index in [2.05, 4.69) is 15.4 Å². The summed E-state index contributed by atoms with van der Waals surface area (Å²) in [6.07, 6.45) is 3.14. The molecule has 0 saturated heterocycles. The molecule has 4 rings (SSSR count). The number of hydrogen-bond donors (Lipinski definition) is 1. The van der Waals surface area contributed by atoms with Gasteiger partial charge in [-0.1, -0.05) is 36.4 Å². The third kappa shape index (κ3) is 4.50. The Bertz CT molecular complexity index is 1080. The van der Waals surface area contributed by atoms with Crippen LogP contribution in [0.4, 0.5) is 0 Å². The van der Waals surface area contributed by atoms with Gasteiger partial charge in [0.15, 0.2) is 0 Å². The Morgan fingerprint density at radius 2 is 1.72 bits per heavy atom. The van der Waals surface area contributed by atoms with Gasteiger partial charge in [-0.3, -0.25) is 4.79 Å². The lowest BCUT2D eigenvalue weighted by atomic mass is 10.1. The van der Waals surface area contributed by atoms with Gasteiger partial charge < -0.3 is 10.1 Å². The van der Waals surface area contributed by atoms with Gasteiger partial charge in [0.1, 0.15) is 24.2 Å². The van der Waals surface area contributed by atoms with Crippen LogP contribution in [0.1, 0.15) is 28.9 Å².